The number of ether oxygens (including phenoxy) is 1. The van der Waals surface area contributed by atoms with Gasteiger partial charge in [0, 0.05) is 5.41 Å². The quantitative estimate of drug-likeness (QED) is 0.841. The van der Waals surface area contributed by atoms with Crippen LogP contribution in [0.25, 0.3) is 0 Å². The summed E-state index contributed by atoms with van der Waals surface area (Å²) in [5, 5.41) is 11.7. The van der Waals surface area contributed by atoms with E-state index in [1.54, 1.807) is 0 Å². The number of carbonyl (C=O) groups excluding carboxylic acids is 1. The van der Waals surface area contributed by atoms with E-state index >= 15 is 0 Å². The highest BCUT2D eigenvalue weighted by atomic mass is 19.1. The third kappa shape index (κ3) is 3.71. The number of carbonyl (C=O) groups is 2. The predicted octanol–water partition coefficient (Wildman–Crippen LogP) is 1.96. The number of rotatable bonds is 6. The molecule has 0 heterocycles. The number of nitrogens with one attached hydrogen (secondary N) is 1. The van der Waals surface area contributed by atoms with Crippen LogP contribution in [0.4, 0.5) is 4.39 Å². The molecule has 1 aromatic carbocycles. The van der Waals surface area contributed by atoms with Crippen molar-refractivity contribution in [3.8, 4) is 5.75 Å². The van der Waals surface area contributed by atoms with Gasteiger partial charge in [-0.05, 0) is 37.1 Å². The molecule has 1 aliphatic carbocycles. The maximum atomic E-state index is 12.8. The molecule has 21 heavy (non-hydrogen) atoms. The van der Waals surface area contributed by atoms with Crippen molar-refractivity contribution in [3.63, 3.8) is 0 Å². The monoisotopic (exact) mass is 295 g/mol. The van der Waals surface area contributed by atoms with Crippen LogP contribution in [-0.2, 0) is 9.59 Å². The van der Waals surface area contributed by atoms with E-state index in [1.807, 2.05) is 6.92 Å². The van der Waals surface area contributed by atoms with Crippen LogP contribution in [0.3, 0.4) is 0 Å². The SMILES string of the molecule is CC1(C(=O)NCC(Oc2ccc(F)cc2)C(=O)O)CCC1. The summed E-state index contributed by atoms with van der Waals surface area (Å²) in [6, 6.07) is 5.06. The Hall–Kier alpha value is -2.11. The maximum Gasteiger partial charge on any atom is 0.346 e. The summed E-state index contributed by atoms with van der Waals surface area (Å²) in [5.41, 5.74) is -0.390. The van der Waals surface area contributed by atoms with Crippen molar-refractivity contribution in [2.75, 3.05) is 6.54 Å². The fourth-order valence-corrected chi connectivity index (χ4v) is 2.19. The molecular weight excluding hydrogens is 277 g/mol. The number of aliphatic carboxylic acids is 1. The van der Waals surface area contributed by atoms with Crippen molar-refractivity contribution in [3.05, 3.63) is 30.1 Å². The van der Waals surface area contributed by atoms with Crippen LogP contribution in [-0.4, -0.2) is 29.6 Å². The Morgan fingerprint density at radius 2 is 2.00 bits per heavy atom. The van der Waals surface area contributed by atoms with Crippen molar-refractivity contribution in [1.82, 2.24) is 5.32 Å². The van der Waals surface area contributed by atoms with Gasteiger partial charge in [0.15, 0.2) is 0 Å². The molecule has 5 nitrogen and oxygen atoms in total. The molecule has 1 fully saturated rings. The van der Waals surface area contributed by atoms with Gasteiger partial charge in [-0.25, -0.2) is 9.18 Å². The minimum Gasteiger partial charge on any atom is -0.478 e. The first-order valence-corrected chi connectivity index (χ1v) is 6.84. The lowest BCUT2D eigenvalue weighted by atomic mass is 9.70. The fourth-order valence-electron chi connectivity index (χ4n) is 2.19. The number of halogens is 1. The minimum atomic E-state index is -1.21. The van der Waals surface area contributed by atoms with E-state index in [2.05, 4.69) is 5.32 Å². The predicted molar refractivity (Wildman–Crippen MR) is 73.4 cm³/mol. The molecule has 0 aliphatic heterocycles. The van der Waals surface area contributed by atoms with Crippen molar-refractivity contribution in [2.45, 2.75) is 32.3 Å². The van der Waals surface area contributed by atoms with Gasteiger partial charge in [0.1, 0.15) is 11.6 Å². The second kappa shape index (κ2) is 6.11. The maximum absolute atomic E-state index is 12.8. The molecule has 0 saturated heterocycles. The van der Waals surface area contributed by atoms with Gasteiger partial charge < -0.3 is 15.2 Å². The van der Waals surface area contributed by atoms with Crippen LogP contribution in [0.5, 0.6) is 5.75 Å². The van der Waals surface area contributed by atoms with Gasteiger partial charge in [0.05, 0.1) is 6.54 Å². The molecule has 1 amide bonds. The lowest BCUT2D eigenvalue weighted by molar-refractivity contribution is -0.145. The van der Waals surface area contributed by atoms with Gasteiger partial charge in [0.25, 0.3) is 0 Å². The zero-order valence-corrected chi connectivity index (χ0v) is 11.8. The molecule has 1 atom stereocenters. The van der Waals surface area contributed by atoms with Gasteiger partial charge in [0.2, 0.25) is 12.0 Å². The molecular formula is C15H18FNO4. The largest absolute Gasteiger partial charge is 0.478 e. The number of carboxylic acid groups (broad SMARTS) is 1. The van der Waals surface area contributed by atoms with Gasteiger partial charge >= 0.3 is 5.97 Å². The van der Waals surface area contributed by atoms with Crippen molar-refractivity contribution in [1.29, 1.82) is 0 Å². The first-order valence-electron chi connectivity index (χ1n) is 6.84. The molecule has 6 heteroatoms. The first-order chi connectivity index (χ1) is 9.90. The summed E-state index contributed by atoms with van der Waals surface area (Å²) < 4.78 is 18.0. The number of hydrogen-bond donors (Lipinski definition) is 2. The van der Waals surface area contributed by atoms with E-state index in [1.165, 1.54) is 24.3 Å². The molecule has 0 bridgehead atoms. The molecule has 2 rings (SSSR count). The summed E-state index contributed by atoms with van der Waals surface area (Å²) in [6.07, 6.45) is 1.44. The second-order valence-electron chi connectivity index (χ2n) is 5.52. The van der Waals surface area contributed by atoms with Crippen LogP contribution in [0.1, 0.15) is 26.2 Å². The number of amides is 1. The summed E-state index contributed by atoms with van der Waals surface area (Å²) >= 11 is 0. The second-order valence-corrected chi connectivity index (χ2v) is 5.52. The number of benzene rings is 1. The molecule has 1 aromatic rings. The molecule has 114 valence electrons. The molecule has 2 N–H and O–H groups in total. The Morgan fingerprint density at radius 3 is 2.48 bits per heavy atom. The highest BCUT2D eigenvalue weighted by molar-refractivity contribution is 5.84. The van der Waals surface area contributed by atoms with E-state index in [9.17, 15) is 14.0 Å². The Balaban J connectivity index is 1.91. The smallest absolute Gasteiger partial charge is 0.346 e. The minimum absolute atomic E-state index is 0.124. The van der Waals surface area contributed by atoms with Crippen molar-refractivity contribution < 1.29 is 23.8 Å². The van der Waals surface area contributed by atoms with Gasteiger partial charge in [-0.1, -0.05) is 13.3 Å². The van der Waals surface area contributed by atoms with Crippen LogP contribution >= 0.6 is 0 Å². The third-order valence-electron chi connectivity index (χ3n) is 3.82. The Bertz CT molecular complexity index is 525. The third-order valence-corrected chi connectivity index (χ3v) is 3.82. The average molecular weight is 295 g/mol. The number of hydrogen-bond acceptors (Lipinski definition) is 3. The highest BCUT2D eigenvalue weighted by Gasteiger charge is 2.39. The summed E-state index contributed by atoms with van der Waals surface area (Å²) in [4.78, 5) is 23.1. The molecule has 1 saturated carbocycles. The zero-order chi connectivity index (χ0) is 15.5. The van der Waals surface area contributed by atoms with Crippen molar-refractivity contribution >= 4 is 11.9 Å². The van der Waals surface area contributed by atoms with Crippen molar-refractivity contribution in [2.24, 2.45) is 5.41 Å². The van der Waals surface area contributed by atoms with E-state index in [0.717, 1.165) is 19.3 Å². The first kappa shape index (κ1) is 15.3. The van der Waals surface area contributed by atoms with Crippen LogP contribution < -0.4 is 10.1 Å². The normalized spacial score (nSPS) is 17.4. The van der Waals surface area contributed by atoms with E-state index in [0.29, 0.717) is 0 Å². The van der Waals surface area contributed by atoms with Crippen LogP contribution in [0.2, 0.25) is 0 Å². The molecule has 0 aromatic heterocycles. The van der Waals surface area contributed by atoms with E-state index in [-0.39, 0.29) is 23.6 Å². The molecule has 0 spiro atoms. The Kier molecular flexibility index (Phi) is 4.45. The lowest BCUT2D eigenvalue weighted by Crippen LogP contribution is -2.48. The van der Waals surface area contributed by atoms with Gasteiger partial charge in [-0.3, -0.25) is 4.79 Å². The van der Waals surface area contributed by atoms with Crippen LogP contribution in [0, 0.1) is 11.2 Å². The summed E-state index contributed by atoms with van der Waals surface area (Å²) in [7, 11) is 0. The highest BCUT2D eigenvalue weighted by Crippen LogP contribution is 2.40. The lowest BCUT2D eigenvalue weighted by Gasteiger charge is -2.36. The zero-order valence-electron chi connectivity index (χ0n) is 11.8. The molecule has 1 aliphatic rings. The molecule has 1 unspecified atom stereocenters. The Morgan fingerprint density at radius 1 is 1.38 bits per heavy atom. The fraction of sp³-hybridized carbons (Fsp3) is 0.467. The average Bonchev–Trinajstić information content (AvgIpc) is 2.42. The summed E-state index contributed by atoms with van der Waals surface area (Å²) in [6.45, 7) is 1.74. The topological polar surface area (TPSA) is 75.6 Å². The molecule has 0 radical (unpaired) electrons. The number of carboxylic acids is 1. The standard InChI is InChI=1S/C15H18FNO4/c1-15(7-2-8-15)14(20)17-9-12(13(18)19)21-11-5-3-10(16)4-6-11/h3-6,12H,2,7-9H2,1H3,(H,17,20)(H,18,19). The Labute approximate surface area is 122 Å². The van der Waals surface area contributed by atoms with Gasteiger partial charge in [-0.15, -0.1) is 0 Å². The summed E-state index contributed by atoms with van der Waals surface area (Å²) in [5.74, 6) is -1.52. The van der Waals surface area contributed by atoms with E-state index < -0.39 is 17.9 Å². The van der Waals surface area contributed by atoms with Crippen LogP contribution in [0.15, 0.2) is 24.3 Å². The van der Waals surface area contributed by atoms with Gasteiger partial charge in [-0.2, -0.15) is 0 Å². The van der Waals surface area contributed by atoms with E-state index in [4.69, 9.17) is 9.84 Å².